The number of allylic oxidation sites excluding steroid dienone is 1. The average Bonchev–Trinajstić information content (AvgIpc) is 3.18. The quantitative estimate of drug-likeness (QED) is 0.606. The lowest BCUT2D eigenvalue weighted by molar-refractivity contribution is -0.113. The number of hydrogen-bond acceptors (Lipinski definition) is 6. The van der Waals surface area contributed by atoms with Gasteiger partial charge in [0.2, 0.25) is 5.95 Å². The van der Waals surface area contributed by atoms with Gasteiger partial charge in [-0.3, -0.25) is 4.79 Å². The van der Waals surface area contributed by atoms with Gasteiger partial charge in [-0.05, 0) is 50.1 Å². The molecule has 1 aliphatic rings. The first kappa shape index (κ1) is 21.2. The number of halogens is 1. The smallest absolute Gasteiger partial charge is 0.378 e. The number of rotatable bonds is 4. The summed E-state index contributed by atoms with van der Waals surface area (Å²) in [5, 5.41) is 10.3. The van der Waals surface area contributed by atoms with Crippen LogP contribution in [-0.4, -0.2) is 33.8 Å². The van der Waals surface area contributed by atoms with E-state index in [1.165, 1.54) is 23.9 Å². The highest BCUT2D eigenvalue weighted by Gasteiger charge is 2.35. The summed E-state index contributed by atoms with van der Waals surface area (Å²) in [6, 6.07) is 10.8. The van der Waals surface area contributed by atoms with E-state index in [0.29, 0.717) is 22.5 Å². The normalized spacial score (nSPS) is 15.1. The summed E-state index contributed by atoms with van der Waals surface area (Å²) in [6.45, 7) is 5.63. The van der Waals surface area contributed by atoms with E-state index in [1.807, 2.05) is 32.0 Å². The molecule has 2 heterocycles. The van der Waals surface area contributed by atoms with E-state index in [2.05, 4.69) is 20.7 Å². The molecule has 0 saturated heterocycles. The summed E-state index contributed by atoms with van der Waals surface area (Å²) in [5.74, 6) is -1.33. The molecule has 32 heavy (non-hydrogen) atoms. The average molecular weight is 435 g/mol. The van der Waals surface area contributed by atoms with Gasteiger partial charge in [-0.2, -0.15) is 4.98 Å². The number of esters is 1. The van der Waals surface area contributed by atoms with Crippen LogP contribution in [0.2, 0.25) is 0 Å². The van der Waals surface area contributed by atoms with Crippen LogP contribution in [0.5, 0.6) is 0 Å². The number of nitrogens with one attached hydrogen (secondary N) is 2. The van der Waals surface area contributed by atoms with Gasteiger partial charge in [-0.1, -0.05) is 29.8 Å². The van der Waals surface area contributed by atoms with Crippen LogP contribution in [0.3, 0.4) is 0 Å². The van der Waals surface area contributed by atoms with Crippen LogP contribution in [0.1, 0.15) is 40.3 Å². The van der Waals surface area contributed by atoms with Gasteiger partial charge in [0.25, 0.3) is 11.7 Å². The zero-order chi connectivity index (χ0) is 23.0. The van der Waals surface area contributed by atoms with Gasteiger partial charge < -0.3 is 15.4 Å². The fourth-order valence-corrected chi connectivity index (χ4v) is 3.72. The van der Waals surface area contributed by atoms with Crippen LogP contribution in [0.25, 0.3) is 0 Å². The van der Waals surface area contributed by atoms with Crippen molar-refractivity contribution in [2.75, 3.05) is 17.7 Å². The third kappa shape index (κ3) is 3.84. The van der Waals surface area contributed by atoms with Crippen molar-refractivity contribution in [2.24, 2.45) is 0 Å². The first-order chi connectivity index (χ1) is 15.3. The first-order valence-corrected chi connectivity index (χ1v) is 9.95. The highest BCUT2D eigenvalue weighted by molar-refractivity contribution is 6.06. The largest absolute Gasteiger partial charge is 0.463 e. The van der Waals surface area contributed by atoms with Crippen LogP contribution >= 0.6 is 0 Å². The minimum absolute atomic E-state index is 0.147. The number of anilines is 2. The summed E-state index contributed by atoms with van der Waals surface area (Å²) in [6.07, 6.45) is 0. The summed E-state index contributed by atoms with van der Waals surface area (Å²) in [7, 11) is 1.24. The lowest BCUT2D eigenvalue weighted by Crippen LogP contribution is -2.31. The van der Waals surface area contributed by atoms with Crippen molar-refractivity contribution >= 4 is 23.5 Å². The van der Waals surface area contributed by atoms with E-state index in [0.717, 1.165) is 11.1 Å². The van der Waals surface area contributed by atoms with Crippen molar-refractivity contribution in [3.63, 3.8) is 0 Å². The second kappa shape index (κ2) is 8.26. The van der Waals surface area contributed by atoms with E-state index in [1.54, 1.807) is 19.1 Å². The molecule has 1 aromatic heterocycles. The Bertz CT molecular complexity index is 1250. The van der Waals surface area contributed by atoms with Crippen LogP contribution in [-0.2, 0) is 9.53 Å². The van der Waals surface area contributed by atoms with Gasteiger partial charge in [0, 0.05) is 11.4 Å². The molecule has 0 unspecified atom stereocenters. The number of methoxy groups -OCH3 is 1. The molecule has 2 N–H and O–H groups in total. The molecule has 0 spiro atoms. The van der Waals surface area contributed by atoms with Crippen molar-refractivity contribution in [3.8, 4) is 0 Å². The highest BCUT2D eigenvalue weighted by atomic mass is 19.1. The number of carbonyl (C=O) groups is 2. The summed E-state index contributed by atoms with van der Waals surface area (Å²) >= 11 is 0. The SMILES string of the molecule is COC(=O)c1nc2n(n1)[C@@H](c1ccc(F)cc1)C(C(=O)Nc1ccc(C)cc1C)=C(C)N2. The molecule has 1 aliphatic heterocycles. The number of amides is 1. The lowest BCUT2D eigenvalue weighted by Gasteiger charge is -2.28. The summed E-state index contributed by atoms with van der Waals surface area (Å²) < 4.78 is 19.8. The van der Waals surface area contributed by atoms with E-state index < -0.39 is 17.8 Å². The molecule has 8 nitrogen and oxygen atoms in total. The van der Waals surface area contributed by atoms with E-state index in [4.69, 9.17) is 4.74 Å². The topological polar surface area (TPSA) is 98.1 Å². The van der Waals surface area contributed by atoms with Crippen molar-refractivity contribution in [3.05, 3.63) is 82.1 Å². The maximum atomic E-state index is 13.6. The van der Waals surface area contributed by atoms with Crippen molar-refractivity contribution < 1.29 is 18.7 Å². The predicted octanol–water partition coefficient (Wildman–Crippen LogP) is 3.75. The van der Waals surface area contributed by atoms with Crippen molar-refractivity contribution in [2.45, 2.75) is 26.8 Å². The number of hydrogen-bond donors (Lipinski definition) is 2. The number of nitrogens with zero attached hydrogens (tertiary/aromatic N) is 3. The number of benzene rings is 2. The number of fused-ring (bicyclic) bond motifs is 1. The highest BCUT2D eigenvalue weighted by Crippen LogP contribution is 2.36. The maximum Gasteiger partial charge on any atom is 0.378 e. The lowest BCUT2D eigenvalue weighted by atomic mass is 9.95. The first-order valence-electron chi connectivity index (χ1n) is 9.95. The van der Waals surface area contributed by atoms with Crippen LogP contribution in [0.15, 0.2) is 53.7 Å². The fourth-order valence-electron chi connectivity index (χ4n) is 3.72. The molecule has 1 atom stereocenters. The zero-order valence-electron chi connectivity index (χ0n) is 18.1. The molecule has 3 aromatic rings. The minimum atomic E-state index is -0.733. The predicted molar refractivity (Wildman–Crippen MR) is 117 cm³/mol. The van der Waals surface area contributed by atoms with Gasteiger partial charge in [0.05, 0.1) is 12.7 Å². The second-order valence-electron chi connectivity index (χ2n) is 7.59. The van der Waals surface area contributed by atoms with Gasteiger partial charge in [-0.25, -0.2) is 13.9 Å². The second-order valence-corrected chi connectivity index (χ2v) is 7.59. The Labute approximate surface area is 184 Å². The molecule has 0 aliphatic carbocycles. The van der Waals surface area contributed by atoms with Crippen LogP contribution in [0, 0.1) is 19.7 Å². The third-order valence-corrected chi connectivity index (χ3v) is 5.28. The monoisotopic (exact) mass is 435 g/mol. The molecule has 0 fully saturated rings. The van der Waals surface area contributed by atoms with Gasteiger partial charge >= 0.3 is 5.97 Å². The van der Waals surface area contributed by atoms with Crippen LogP contribution < -0.4 is 10.6 Å². The molecule has 0 bridgehead atoms. The van der Waals surface area contributed by atoms with Gasteiger partial charge in [0.1, 0.15) is 11.9 Å². The molecule has 0 radical (unpaired) electrons. The Morgan fingerprint density at radius 1 is 1.12 bits per heavy atom. The van der Waals surface area contributed by atoms with Gasteiger partial charge in [0.15, 0.2) is 0 Å². The number of aromatic nitrogens is 3. The van der Waals surface area contributed by atoms with Crippen molar-refractivity contribution in [1.82, 2.24) is 14.8 Å². The Kier molecular flexibility index (Phi) is 5.48. The Morgan fingerprint density at radius 3 is 2.50 bits per heavy atom. The Balaban J connectivity index is 1.80. The molecule has 1 amide bonds. The molecular formula is C23H22FN5O3. The summed E-state index contributed by atoms with van der Waals surface area (Å²) in [4.78, 5) is 29.6. The Hall–Kier alpha value is -4.01. The fraction of sp³-hybridized carbons (Fsp3) is 0.217. The number of ether oxygens (including phenoxy) is 1. The number of aryl methyl sites for hydroxylation is 2. The van der Waals surface area contributed by atoms with Crippen molar-refractivity contribution in [1.29, 1.82) is 0 Å². The Morgan fingerprint density at radius 2 is 1.84 bits per heavy atom. The molecule has 9 heteroatoms. The van der Waals surface area contributed by atoms with E-state index >= 15 is 0 Å². The minimum Gasteiger partial charge on any atom is -0.463 e. The standard InChI is InChI=1S/C23H22FN5O3/c1-12-5-10-17(13(2)11-12)26-21(30)18-14(3)25-23-27-20(22(31)32-4)28-29(23)19(18)15-6-8-16(24)9-7-15/h5-11,19H,1-4H3,(H,26,30)(H,25,27,28)/t19-/m0/s1. The molecular weight excluding hydrogens is 413 g/mol. The van der Waals surface area contributed by atoms with Gasteiger partial charge in [-0.15, -0.1) is 5.10 Å². The zero-order valence-corrected chi connectivity index (χ0v) is 18.1. The molecule has 4 rings (SSSR count). The third-order valence-electron chi connectivity index (χ3n) is 5.28. The molecule has 2 aromatic carbocycles. The van der Waals surface area contributed by atoms with Crippen LogP contribution in [0.4, 0.5) is 16.0 Å². The molecule has 164 valence electrons. The maximum absolute atomic E-state index is 13.6. The summed E-state index contributed by atoms with van der Waals surface area (Å²) in [5.41, 5.74) is 4.21. The van der Waals surface area contributed by atoms with E-state index in [9.17, 15) is 14.0 Å². The number of carbonyl (C=O) groups excluding carboxylic acids is 2. The van der Waals surface area contributed by atoms with E-state index in [-0.39, 0.29) is 17.7 Å². The molecule has 0 saturated carbocycles.